The lowest BCUT2D eigenvalue weighted by atomic mass is 10.2. The molecule has 0 N–H and O–H groups in total. The van der Waals surface area contributed by atoms with Crippen LogP contribution in [0.2, 0.25) is 0 Å². The summed E-state index contributed by atoms with van der Waals surface area (Å²) in [5.41, 5.74) is 1.47. The zero-order valence-corrected chi connectivity index (χ0v) is 15.6. The first-order chi connectivity index (χ1) is 12.0. The molecule has 0 bridgehead atoms. The fourth-order valence-corrected chi connectivity index (χ4v) is 3.96. The van der Waals surface area contributed by atoms with Crippen molar-refractivity contribution >= 4 is 11.8 Å². The van der Waals surface area contributed by atoms with Crippen molar-refractivity contribution < 1.29 is 9.59 Å². The molecule has 7 heteroatoms. The van der Waals surface area contributed by atoms with E-state index in [2.05, 4.69) is 23.8 Å². The summed E-state index contributed by atoms with van der Waals surface area (Å²) >= 11 is 0. The topological polar surface area (TPSA) is 61.7 Å². The van der Waals surface area contributed by atoms with Gasteiger partial charge in [0, 0.05) is 39.1 Å². The van der Waals surface area contributed by atoms with Gasteiger partial charge in [0.05, 0.1) is 12.2 Å². The number of rotatable bonds is 4. The van der Waals surface area contributed by atoms with Gasteiger partial charge < -0.3 is 9.80 Å². The molecule has 0 aromatic carbocycles. The second kappa shape index (κ2) is 7.56. The number of nitrogens with zero attached hydrogens (tertiary/aromatic N) is 5. The second-order valence-electron chi connectivity index (χ2n) is 6.95. The molecule has 2 amide bonds. The van der Waals surface area contributed by atoms with Gasteiger partial charge in [0.1, 0.15) is 0 Å². The summed E-state index contributed by atoms with van der Waals surface area (Å²) in [4.78, 5) is 30.7. The first-order valence-corrected chi connectivity index (χ1v) is 9.39. The van der Waals surface area contributed by atoms with Crippen LogP contribution in [0.1, 0.15) is 49.8 Å². The highest BCUT2D eigenvalue weighted by Crippen LogP contribution is 2.20. The zero-order chi connectivity index (χ0) is 18.0. The molecule has 3 heterocycles. The Bertz CT molecular complexity index is 637. The Hall–Kier alpha value is -1.89. The van der Waals surface area contributed by atoms with Gasteiger partial charge in [-0.25, -0.2) is 0 Å². The summed E-state index contributed by atoms with van der Waals surface area (Å²) in [6.45, 7) is 11.6. The number of carbonyl (C=O) groups excluding carboxylic acids is 2. The number of amides is 2. The molecular weight excluding hydrogens is 318 g/mol. The molecule has 0 aliphatic carbocycles. The lowest BCUT2D eigenvalue weighted by Crippen LogP contribution is -2.38. The number of likely N-dealkylation sites (tertiary alicyclic amines) is 1. The van der Waals surface area contributed by atoms with E-state index in [0.29, 0.717) is 18.3 Å². The quantitative estimate of drug-likeness (QED) is 0.821. The maximum atomic E-state index is 12.9. The largest absolute Gasteiger partial charge is 0.337 e. The van der Waals surface area contributed by atoms with Crippen LogP contribution in [0.4, 0.5) is 0 Å². The highest BCUT2D eigenvalue weighted by molar-refractivity contribution is 5.92. The summed E-state index contributed by atoms with van der Waals surface area (Å²) in [5.74, 6) is 0.0914. The highest BCUT2D eigenvalue weighted by Gasteiger charge is 2.31. The van der Waals surface area contributed by atoms with Crippen LogP contribution in [-0.4, -0.2) is 75.1 Å². The molecule has 2 aliphatic rings. The van der Waals surface area contributed by atoms with Gasteiger partial charge in [0.15, 0.2) is 5.69 Å². The minimum absolute atomic E-state index is 0.0182. The van der Waals surface area contributed by atoms with Gasteiger partial charge in [-0.1, -0.05) is 13.8 Å². The third-order valence-electron chi connectivity index (χ3n) is 5.46. The molecular formula is C18H29N5O2. The summed E-state index contributed by atoms with van der Waals surface area (Å²) in [6, 6.07) is 2.32. The lowest BCUT2D eigenvalue weighted by molar-refractivity contribution is -0.129. The molecule has 1 atom stereocenters. The van der Waals surface area contributed by atoms with E-state index in [9.17, 15) is 9.59 Å². The molecule has 0 spiro atoms. The van der Waals surface area contributed by atoms with Crippen molar-refractivity contribution in [3.63, 3.8) is 0 Å². The Labute approximate surface area is 149 Å². The Morgan fingerprint density at radius 1 is 1.20 bits per heavy atom. The molecule has 25 heavy (non-hydrogen) atoms. The van der Waals surface area contributed by atoms with Gasteiger partial charge in [-0.2, -0.15) is 5.10 Å². The monoisotopic (exact) mass is 347 g/mol. The van der Waals surface area contributed by atoms with Crippen molar-refractivity contribution in [2.24, 2.45) is 0 Å². The van der Waals surface area contributed by atoms with Crippen LogP contribution in [-0.2, 0) is 17.9 Å². The third kappa shape index (κ3) is 3.71. The van der Waals surface area contributed by atoms with Crippen molar-refractivity contribution in [3.05, 3.63) is 17.5 Å². The SMILES string of the molecule is CCN(CC)[C@H]1CCN(C(=O)c2cc3n(n2)CCCN(C(C)=O)C3)C1. The van der Waals surface area contributed by atoms with Gasteiger partial charge in [-0.05, 0) is 32.0 Å². The molecule has 3 rings (SSSR count). The standard InChI is InChI=1S/C18H29N5O2/c1-4-20(5-2)15-7-10-22(12-15)18(25)17-11-16-13-21(14(3)24)8-6-9-23(16)19-17/h11,15H,4-10,12-13H2,1-3H3/t15-/m0/s1. The molecule has 1 saturated heterocycles. The van der Waals surface area contributed by atoms with E-state index >= 15 is 0 Å². The lowest BCUT2D eigenvalue weighted by Gasteiger charge is -2.25. The minimum atomic E-state index is 0.0182. The van der Waals surface area contributed by atoms with Crippen LogP contribution in [0, 0.1) is 0 Å². The van der Waals surface area contributed by atoms with Crippen molar-refractivity contribution in [2.75, 3.05) is 32.7 Å². The van der Waals surface area contributed by atoms with Crippen LogP contribution in [0.25, 0.3) is 0 Å². The molecule has 7 nitrogen and oxygen atoms in total. The number of hydrogen-bond donors (Lipinski definition) is 0. The summed E-state index contributed by atoms with van der Waals surface area (Å²) in [5, 5.41) is 4.53. The Morgan fingerprint density at radius 3 is 2.64 bits per heavy atom. The van der Waals surface area contributed by atoms with Gasteiger partial charge in [-0.3, -0.25) is 19.2 Å². The van der Waals surface area contributed by atoms with Crippen LogP contribution in [0.15, 0.2) is 6.07 Å². The molecule has 0 saturated carbocycles. The molecule has 0 radical (unpaired) electrons. The molecule has 138 valence electrons. The van der Waals surface area contributed by atoms with Crippen molar-refractivity contribution in [3.8, 4) is 0 Å². The Kier molecular flexibility index (Phi) is 5.42. The summed E-state index contributed by atoms with van der Waals surface area (Å²) in [7, 11) is 0. The molecule has 1 aromatic heterocycles. The van der Waals surface area contributed by atoms with E-state index < -0.39 is 0 Å². The van der Waals surface area contributed by atoms with E-state index in [1.165, 1.54) is 0 Å². The number of aromatic nitrogens is 2. The number of likely N-dealkylation sites (N-methyl/N-ethyl adjacent to an activating group) is 1. The first-order valence-electron chi connectivity index (χ1n) is 9.39. The molecule has 2 aliphatic heterocycles. The van der Waals surface area contributed by atoms with Crippen LogP contribution in [0.5, 0.6) is 0 Å². The van der Waals surface area contributed by atoms with E-state index in [-0.39, 0.29) is 11.8 Å². The average Bonchev–Trinajstić information content (AvgIpc) is 3.18. The van der Waals surface area contributed by atoms with Gasteiger partial charge in [0.2, 0.25) is 5.91 Å². The number of carbonyl (C=O) groups is 2. The van der Waals surface area contributed by atoms with Crippen LogP contribution >= 0.6 is 0 Å². The number of aryl methyl sites for hydroxylation is 1. The summed E-state index contributed by atoms with van der Waals surface area (Å²) in [6.07, 6.45) is 1.90. The first kappa shape index (κ1) is 17.9. The van der Waals surface area contributed by atoms with Gasteiger partial charge in [-0.15, -0.1) is 0 Å². The van der Waals surface area contributed by atoms with Crippen molar-refractivity contribution in [1.82, 2.24) is 24.5 Å². The zero-order valence-electron chi connectivity index (χ0n) is 15.6. The van der Waals surface area contributed by atoms with E-state index in [1.807, 2.05) is 20.5 Å². The summed E-state index contributed by atoms with van der Waals surface area (Å²) < 4.78 is 1.90. The van der Waals surface area contributed by atoms with E-state index in [4.69, 9.17) is 0 Å². The predicted octanol–water partition coefficient (Wildman–Crippen LogP) is 1.19. The van der Waals surface area contributed by atoms with Gasteiger partial charge in [0.25, 0.3) is 5.91 Å². The fraction of sp³-hybridized carbons (Fsp3) is 0.722. The Balaban J connectivity index is 1.70. The van der Waals surface area contributed by atoms with Crippen LogP contribution < -0.4 is 0 Å². The van der Waals surface area contributed by atoms with E-state index in [0.717, 1.165) is 57.8 Å². The number of hydrogen-bond acceptors (Lipinski definition) is 4. The normalized spacial score (nSPS) is 20.7. The molecule has 1 fully saturated rings. The smallest absolute Gasteiger partial charge is 0.274 e. The fourth-order valence-electron chi connectivity index (χ4n) is 3.96. The molecule has 0 unspecified atom stereocenters. The maximum Gasteiger partial charge on any atom is 0.274 e. The third-order valence-corrected chi connectivity index (χ3v) is 5.46. The van der Waals surface area contributed by atoms with Gasteiger partial charge >= 0.3 is 0 Å². The van der Waals surface area contributed by atoms with Crippen molar-refractivity contribution in [2.45, 2.75) is 52.7 Å². The Morgan fingerprint density at radius 2 is 1.96 bits per heavy atom. The van der Waals surface area contributed by atoms with E-state index in [1.54, 1.807) is 6.92 Å². The maximum absolute atomic E-state index is 12.9. The van der Waals surface area contributed by atoms with Crippen molar-refractivity contribution in [1.29, 1.82) is 0 Å². The predicted molar refractivity (Wildman–Crippen MR) is 95.2 cm³/mol. The highest BCUT2D eigenvalue weighted by atomic mass is 16.2. The molecule has 1 aromatic rings. The second-order valence-corrected chi connectivity index (χ2v) is 6.95. The minimum Gasteiger partial charge on any atom is -0.337 e. The number of fused-ring (bicyclic) bond motifs is 1. The average molecular weight is 347 g/mol. The van der Waals surface area contributed by atoms with Crippen LogP contribution in [0.3, 0.4) is 0 Å².